The van der Waals surface area contributed by atoms with Crippen LogP contribution in [0.15, 0.2) is 42.5 Å². The van der Waals surface area contributed by atoms with E-state index in [0.29, 0.717) is 0 Å². The van der Waals surface area contributed by atoms with Gasteiger partial charge in [0.05, 0.1) is 13.7 Å². The van der Waals surface area contributed by atoms with E-state index in [1.165, 1.54) is 34.6 Å². The van der Waals surface area contributed by atoms with Crippen molar-refractivity contribution in [2.75, 3.05) is 34.4 Å². The molecule has 0 fully saturated rings. The van der Waals surface area contributed by atoms with Crippen molar-refractivity contribution in [2.45, 2.75) is 26.2 Å². The van der Waals surface area contributed by atoms with E-state index in [1.54, 1.807) is 7.11 Å². The van der Waals surface area contributed by atoms with Gasteiger partial charge in [0.1, 0.15) is 11.5 Å². The smallest absolute Gasteiger partial charge is 0.135 e. The van der Waals surface area contributed by atoms with E-state index in [0.717, 1.165) is 36.5 Å². The molecule has 3 rings (SSSR count). The van der Waals surface area contributed by atoms with Gasteiger partial charge in [0.2, 0.25) is 0 Å². The molecule has 0 bridgehead atoms. The number of unbranched alkanes of at least 4 members (excludes halogenated alkanes) is 2. The highest BCUT2D eigenvalue weighted by atomic mass is 16.5. The molecular weight excluding hydrogens is 322 g/mol. The average Bonchev–Trinajstić information content (AvgIpc) is 2.63. The van der Waals surface area contributed by atoms with Gasteiger partial charge in [-0.25, -0.2) is 0 Å². The number of fused-ring (bicyclic) bond motifs is 2. The Morgan fingerprint density at radius 3 is 2.31 bits per heavy atom. The molecule has 0 heterocycles. The molecule has 0 aliphatic rings. The van der Waals surface area contributed by atoms with Crippen LogP contribution in [0, 0.1) is 6.92 Å². The summed E-state index contributed by atoms with van der Waals surface area (Å²) in [7, 11) is 5.95. The van der Waals surface area contributed by atoms with Crippen LogP contribution < -0.4 is 9.47 Å². The van der Waals surface area contributed by atoms with Crippen molar-refractivity contribution in [3.8, 4) is 11.5 Å². The Bertz CT molecular complexity index is 886. The number of hydrogen-bond donors (Lipinski definition) is 0. The van der Waals surface area contributed by atoms with Gasteiger partial charge in [0.25, 0.3) is 0 Å². The second-order valence-electron chi connectivity index (χ2n) is 7.23. The van der Waals surface area contributed by atoms with Crippen LogP contribution in [-0.2, 0) is 0 Å². The normalized spacial score (nSPS) is 11.4. The molecule has 0 saturated carbocycles. The fourth-order valence-corrected chi connectivity index (χ4v) is 3.33. The maximum Gasteiger partial charge on any atom is 0.135 e. The van der Waals surface area contributed by atoms with Crippen LogP contribution in [0.1, 0.15) is 24.8 Å². The zero-order valence-electron chi connectivity index (χ0n) is 16.3. The number of aryl methyl sites for hydroxylation is 1. The molecule has 0 saturated heterocycles. The molecule has 0 aliphatic carbocycles. The molecule has 3 heteroatoms. The molecule has 3 nitrogen and oxygen atoms in total. The highest BCUT2D eigenvalue weighted by Gasteiger charge is 2.10. The van der Waals surface area contributed by atoms with Gasteiger partial charge in [-0.2, -0.15) is 0 Å². The Balaban J connectivity index is 1.89. The number of ether oxygens (including phenoxy) is 2. The summed E-state index contributed by atoms with van der Waals surface area (Å²) in [6.45, 7) is 4.00. The standard InChI is InChI=1S/C23H29NO2/c1-17-8-9-18-15-19-10-11-20(25-4)16-22(19)23(21(18)14-17)26-13-7-5-6-12-24(2)3/h8-11,14-16H,5-7,12-13H2,1-4H3. The van der Waals surface area contributed by atoms with Crippen molar-refractivity contribution < 1.29 is 9.47 Å². The summed E-state index contributed by atoms with van der Waals surface area (Å²) in [4.78, 5) is 2.23. The third kappa shape index (κ3) is 4.28. The maximum atomic E-state index is 6.32. The molecule has 0 N–H and O–H groups in total. The third-order valence-electron chi connectivity index (χ3n) is 4.77. The number of hydrogen-bond acceptors (Lipinski definition) is 3. The van der Waals surface area contributed by atoms with Crippen LogP contribution >= 0.6 is 0 Å². The van der Waals surface area contributed by atoms with E-state index < -0.39 is 0 Å². The second kappa shape index (κ2) is 8.41. The second-order valence-corrected chi connectivity index (χ2v) is 7.23. The van der Waals surface area contributed by atoms with E-state index in [2.05, 4.69) is 62.3 Å². The average molecular weight is 351 g/mol. The molecule has 0 aliphatic heterocycles. The van der Waals surface area contributed by atoms with Gasteiger partial charge in [0, 0.05) is 10.8 Å². The van der Waals surface area contributed by atoms with Crippen LogP contribution in [0.3, 0.4) is 0 Å². The molecule has 3 aromatic rings. The Morgan fingerprint density at radius 1 is 0.846 bits per heavy atom. The summed E-state index contributed by atoms with van der Waals surface area (Å²) < 4.78 is 11.8. The lowest BCUT2D eigenvalue weighted by Crippen LogP contribution is -2.13. The van der Waals surface area contributed by atoms with Crippen molar-refractivity contribution >= 4 is 21.5 Å². The topological polar surface area (TPSA) is 21.7 Å². The minimum Gasteiger partial charge on any atom is -0.497 e. The van der Waals surface area contributed by atoms with Crippen LogP contribution in [-0.4, -0.2) is 39.3 Å². The Labute approximate surface area is 156 Å². The minimum absolute atomic E-state index is 0.743. The summed E-state index contributed by atoms with van der Waals surface area (Å²) in [5.41, 5.74) is 1.25. The lowest BCUT2D eigenvalue weighted by molar-refractivity contribution is 0.305. The van der Waals surface area contributed by atoms with Gasteiger partial charge < -0.3 is 14.4 Å². The first kappa shape index (κ1) is 18.5. The van der Waals surface area contributed by atoms with Gasteiger partial charge in [-0.3, -0.25) is 0 Å². The maximum absolute atomic E-state index is 6.32. The largest absolute Gasteiger partial charge is 0.497 e. The summed E-state index contributed by atoms with van der Waals surface area (Å²) in [6, 6.07) is 15.0. The first-order valence-corrected chi connectivity index (χ1v) is 9.37. The van der Waals surface area contributed by atoms with Gasteiger partial charge in [-0.15, -0.1) is 0 Å². The Kier molecular flexibility index (Phi) is 6.00. The summed E-state index contributed by atoms with van der Waals surface area (Å²) in [5.74, 6) is 1.84. The summed E-state index contributed by atoms with van der Waals surface area (Å²) in [5, 5.41) is 4.70. The Hall–Kier alpha value is -2.26. The lowest BCUT2D eigenvalue weighted by atomic mass is 10.0. The molecule has 0 atom stereocenters. The fourth-order valence-electron chi connectivity index (χ4n) is 3.33. The van der Waals surface area contributed by atoms with Crippen molar-refractivity contribution in [1.29, 1.82) is 0 Å². The van der Waals surface area contributed by atoms with Gasteiger partial charge in [-0.1, -0.05) is 23.8 Å². The number of rotatable bonds is 8. The van der Waals surface area contributed by atoms with Crippen molar-refractivity contribution in [3.05, 3.63) is 48.0 Å². The fraction of sp³-hybridized carbons (Fsp3) is 0.391. The quantitative estimate of drug-likeness (QED) is 0.399. The number of benzene rings is 3. The van der Waals surface area contributed by atoms with Crippen LogP contribution in [0.25, 0.3) is 21.5 Å². The van der Waals surface area contributed by atoms with E-state index in [9.17, 15) is 0 Å². The molecule has 0 unspecified atom stereocenters. The van der Waals surface area contributed by atoms with Gasteiger partial charge >= 0.3 is 0 Å². The molecule has 26 heavy (non-hydrogen) atoms. The van der Waals surface area contributed by atoms with Crippen LogP contribution in [0.5, 0.6) is 11.5 Å². The minimum atomic E-state index is 0.743. The predicted octanol–water partition coefficient (Wildman–Crippen LogP) is 5.42. The molecule has 0 aromatic heterocycles. The highest BCUT2D eigenvalue weighted by molar-refractivity contribution is 6.05. The zero-order chi connectivity index (χ0) is 18.5. The monoisotopic (exact) mass is 351 g/mol. The summed E-state index contributed by atoms with van der Waals surface area (Å²) in [6.07, 6.45) is 3.46. The van der Waals surface area contributed by atoms with Crippen molar-refractivity contribution in [2.24, 2.45) is 0 Å². The Morgan fingerprint density at radius 2 is 1.58 bits per heavy atom. The van der Waals surface area contributed by atoms with Crippen molar-refractivity contribution in [3.63, 3.8) is 0 Å². The first-order chi connectivity index (χ1) is 12.6. The molecule has 0 spiro atoms. The SMILES string of the molecule is COc1ccc2cc3ccc(C)cc3c(OCCCCCN(C)C)c2c1. The van der Waals surface area contributed by atoms with Crippen LogP contribution in [0.4, 0.5) is 0 Å². The molecule has 0 amide bonds. The van der Waals surface area contributed by atoms with E-state index in [-0.39, 0.29) is 0 Å². The van der Waals surface area contributed by atoms with E-state index in [1.807, 2.05) is 6.07 Å². The van der Waals surface area contributed by atoms with Gasteiger partial charge in [0.15, 0.2) is 0 Å². The van der Waals surface area contributed by atoms with E-state index in [4.69, 9.17) is 9.47 Å². The van der Waals surface area contributed by atoms with E-state index >= 15 is 0 Å². The molecular formula is C23H29NO2. The van der Waals surface area contributed by atoms with Crippen LogP contribution in [0.2, 0.25) is 0 Å². The summed E-state index contributed by atoms with van der Waals surface area (Å²) >= 11 is 0. The number of methoxy groups -OCH3 is 1. The zero-order valence-corrected chi connectivity index (χ0v) is 16.3. The molecule has 138 valence electrons. The highest BCUT2D eigenvalue weighted by Crippen LogP contribution is 2.37. The third-order valence-corrected chi connectivity index (χ3v) is 4.77. The predicted molar refractivity (Wildman–Crippen MR) is 111 cm³/mol. The van der Waals surface area contributed by atoms with Gasteiger partial charge in [-0.05, 0) is 81.9 Å². The molecule has 3 aromatic carbocycles. The lowest BCUT2D eigenvalue weighted by Gasteiger charge is -2.15. The number of nitrogens with zero attached hydrogens (tertiary/aromatic N) is 1. The van der Waals surface area contributed by atoms with Crippen molar-refractivity contribution in [1.82, 2.24) is 4.90 Å². The molecule has 0 radical (unpaired) electrons. The first-order valence-electron chi connectivity index (χ1n) is 9.37.